The van der Waals surface area contributed by atoms with E-state index in [-0.39, 0.29) is 30.8 Å². The number of carbonyl (C=O) groups is 2. The summed E-state index contributed by atoms with van der Waals surface area (Å²) in [5.74, 6) is 0.521. The number of hydrogen-bond donors (Lipinski definition) is 1. The molecule has 1 heterocycles. The Morgan fingerprint density at radius 3 is 2.70 bits per heavy atom. The molecule has 4 nitrogen and oxygen atoms in total. The first-order chi connectivity index (χ1) is 11.0. The zero-order chi connectivity index (χ0) is 16.8. The average Bonchev–Trinajstić information content (AvgIpc) is 3.00. The second kappa shape index (κ2) is 7.92. The molecule has 2 rings (SSSR count). The van der Waals surface area contributed by atoms with Crippen LogP contribution in [0.4, 0.5) is 0 Å². The molecular weight excluding hydrogens is 310 g/mol. The van der Waals surface area contributed by atoms with E-state index in [4.69, 9.17) is 4.74 Å². The van der Waals surface area contributed by atoms with Gasteiger partial charge in [-0.1, -0.05) is 23.8 Å². The molecule has 0 aliphatic rings. The second-order valence-electron chi connectivity index (χ2n) is 5.63. The van der Waals surface area contributed by atoms with Gasteiger partial charge in [0.1, 0.15) is 5.75 Å². The molecule has 122 valence electrons. The van der Waals surface area contributed by atoms with Crippen LogP contribution in [0, 0.1) is 13.8 Å². The fraction of sp³-hybridized carbons (Fsp3) is 0.333. The lowest BCUT2D eigenvalue weighted by Gasteiger charge is -2.14. The Morgan fingerprint density at radius 2 is 2.04 bits per heavy atom. The molecule has 1 N–H and O–H groups in total. The van der Waals surface area contributed by atoms with Crippen LogP contribution in [0.3, 0.4) is 0 Å². The molecule has 0 spiro atoms. The third-order valence-electron chi connectivity index (χ3n) is 3.38. The van der Waals surface area contributed by atoms with Gasteiger partial charge in [0.2, 0.25) is 0 Å². The number of Topliss-reactive ketones (excluding diaryl/α,β-unsaturated/α-hetero) is 1. The molecule has 0 aliphatic carbocycles. The Bertz CT molecular complexity index is 680. The predicted octanol–water partition coefficient (Wildman–Crippen LogP) is 3.52. The zero-order valence-electron chi connectivity index (χ0n) is 13.6. The molecular formula is C18H21NO3S. The number of ether oxygens (including phenoxy) is 1. The van der Waals surface area contributed by atoms with Crippen molar-refractivity contribution in [2.45, 2.75) is 33.2 Å². The molecule has 0 bridgehead atoms. The summed E-state index contributed by atoms with van der Waals surface area (Å²) in [7, 11) is 0. The minimum absolute atomic E-state index is 0.0445. The number of ketones is 1. The first-order valence-electron chi connectivity index (χ1n) is 7.52. The number of rotatable bonds is 7. The quantitative estimate of drug-likeness (QED) is 0.790. The molecule has 1 amide bonds. The highest BCUT2D eigenvalue weighted by atomic mass is 32.1. The maximum Gasteiger partial charge on any atom is 0.258 e. The summed E-state index contributed by atoms with van der Waals surface area (Å²) in [6, 6.07) is 9.24. The summed E-state index contributed by atoms with van der Waals surface area (Å²) >= 11 is 1.42. The lowest BCUT2D eigenvalue weighted by atomic mass is 10.1. The third kappa shape index (κ3) is 5.21. The topological polar surface area (TPSA) is 55.4 Å². The Morgan fingerprint density at radius 1 is 1.26 bits per heavy atom. The van der Waals surface area contributed by atoms with E-state index in [2.05, 4.69) is 5.32 Å². The zero-order valence-corrected chi connectivity index (χ0v) is 14.4. The fourth-order valence-electron chi connectivity index (χ4n) is 2.29. The summed E-state index contributed by atoms with van der Waals surface area (Å²) in [5, 5.41) is 4.66. The number of carbonyl (C=O) groups excluding carboxylic acids is 2. The summed E-state index contributed by atoms with van der Waals surface area (Å²) in [5.41, 5.74) is 2.15. The molecule has 23 heavy (non-hydrogen) atoms. The van der Waals surface area contributed by atoms with Gasteiger partial charge in [-0.25, -0.2) is 0 Å². The minimum Gasteiger partial charge on any atom is -0.484 e. The van der Waals surface area contributed by atoms with Gasteiger partial charge in [0.05, 0.1) is 4.88 Å². The summed E-state index contributed by atoms with van der Waals surface area (Å²) < 4.78 is 5.54. The largest absolute Gasteiger partial charge is 0.484 e. The van der Waals surface area contributed by atoms with Crippen LogP contribution in [0.15, 0.2) is 35.7 Å². The van der Waals surface area contributed by atoms with Crippen LogP contribution in [0.25, 0.3) is 0 Å². The van der Waals surface area contributed by atoms with Crippen molar-refractivity contribution in [2.75, 3.05) is 6.61 Å². The number of aryl methyl sites for hydroxylation is 2. The van der Waals surface area contributed by atoms with Gasteiger partial charge in [-0.05, 0) is 43.8 Å². The molecule has 0 unspecified atom stereocenters. The van der Waals surface area contributed by atoms with Gasteiger partial charge in [0.25, 0.3) is 5.91 Å². The van der Waals surface area contributed by atoms with Crippen LogP contribution in [-0.2, 0) is 4.79 Å². The molecule has 1 aromatic heterocycles. The number of benzene rings is 1. The Balaban J connectivity index is 1.79. The maximum atomic E-state index is 12.0. The predicted molar refractivity (Wildman–Crippen MR) is 92.3 cm³/mol. The Kier molecular flexibility index (Phi) is 5.93. The van der Waals surface area contributed by atoms with Crippen molar-refractivity contribution in [3.8, 4) is 5.75 Å². The highest BCUT2D eigenvalue weighted by Gasteiger charge is 2.14. The molecule has 1 aromatic carbocycles. The van der Waals surface area contributed by atoms with Crippen molar-refractivity contribution in [3.63, 3.8) is 0 Å². The van der Waals surface area contributed by atoms with Gasteiger partial charge < -0.3 is 10.1 Å². The van der Waals surface area contributed by atoms with Crippen LogP contribution >= 0.6 is 11.3 Å². The van der Waals surface area contributed by atoms with Crippen LogP contribution < -0.4 is 10.1 Å². The van der Waals surface area contributed by atoms with E-state index in [0.29, 0.717) is 5.75 Å². The van der Waals surface area contributed by atoms with Gasteiger partial charge in [-0.2, -0.15) is 0 Å². The molecule has 0 saturated carbocycles. The van der Waals surface area contributed by atoms with Crippen molar-refractivity contribution in [1.82, 2.24) is 5.32 Å². The highest BCUT2D eigenvalue weighted by molar-refractivity contribution is 7.12. The lowest BCUT2D eigenvalue weighted by Crippen LogP contribution is -2.37. The molecule has 0 fully saturated rings. The monoisotopic (exact) mass is 331 g/mol. The average molecular weight is 331 g/mol. The normalized spacial score (nSPS) is 11.8. The van der Waals surface area contributed by atoms with E-state index < -0.39 is 0 Å². The van der Waals surface area contributed by atoms with Crippen LogP contribution in [0.2, 0.25) is 0 Å². The Labute approximate surface area is 140 Å². The van der Waals surface area contributed by atoms with Crippen molar-refractivity contribution >= 4 is 23.0 Å². The van der Waals surface area contributed by atoms with Crippen LogP contribution in [0.5, 0.6) is 5.75 Å². The third-order valence-corrected chi connectivity index (χ3v) is 4.30. The van der Waals surface area contributed by atoms with E-state index in [9.17, 15) is 9.59 Å². The molecule has 0 aliphatic heterocycles. The van der Waals surface area contributed by atoms with Crippen molar-refractivity contribution < 1.29 is 14.3 Å². The van der Waals surface area contributed by atoms with E-state index >= 15 is 0 Å². The lowest BCUT2D eigenvalue weighted by molar-refractivity contribution is -0.123. The first-order valence-corrected chi connectivity index (χ1v) is 8.40. The number of hydrogen-bond acceptors (Lipinski definition) is 4. The van der Waals surface area contributed by atoms with E-state index in [0.717, 1.165) is 16.0 Å². The van der Waals surface area contributed by atoms with Crippen LogP contribution in [-0.4, -0.2) is 24.3 Å². The second-order valence-corrected chi connectivity index (χ2v) is 6.58. The van der Waals surface area contributed by atoms with Gasteiger partial charge >= 0.3 is 0 Å². The summed E-state index contributed by atoms with van der Waals surface area (Å²) in [6.45, 7) is 5.72. The number of thiophene rings is 1. The van der Waals surface area contributed by atoms with Gasteiger partial charge in [-0.15, -0.1) is 11.3 Å². The fourth-order valence-corrected chi connectivity index (χ4v) is 2.96. The van der Waals surface area contributed by atoms with E-state index in [1.165, 1.54) is 11.3 Å². The Hall–Kier alpha value is -2.14. The van der Waals surface area contributed by atoms with Crippen molar-refractivity contribution in [1.29, 1.82) is 0 Å². The molecule has 0 radical (unpaired) electrons. The van der Waals surface area contributed by atoms with Gasteiger partial charge in [-0.3, -0.25) is 9.59 Å². The molecule has 0 saturated heterocycles. The minimum atomic E-state index is -0.226. The van der Waals surface area contributed by atoms with Crippen molar-refractivity contribution in [3.05, 3.63) is 51.7 Å². The molecule has 2 aromatic rings. The van der Waals surface area contributed by atoms with E-state index in [1.54, 1.807) is 6.07 Å². The van der Waals surface area contributed by atoms with Crippen molar-refractivity contribution in [2.24, 2.45) is 0 Å². The van der Waals surface area contributed by atoms with Gasteiger partial charge in [0.15, 0.2) is 12.4 Å². The molecule has 1 atom stereocenters. The summed E-state index contributed by atoms with van der Waals surface area (Å²) in [6.07, 6.45) is 0.288. The number of amides is 1. The highest BCUT2D eigenvalue weighted by Crippen LogP contribution is 2.18. The van der Waals surface area contributed by atoms with E-state index in [1.807, 2.05) is 50.4 Å². The SMILES string of the molecule is Cc1ccc(OCC(=O)N[C@@H](C)CC(=O)c2cccs2)c(C)c1. The number of nitrogens with one attached hydrogen (secondary N) is 1. The summed E-state index contributed by atoms with van der Waals surface area (Å²) in [4.78, 5) is 24.6. The van der Waals surface area contributed by atoms with Gasteiger partial charge in [0, 0.05) is 12.5 Å². The first kappa shape index (κ1) is 17.2. The maximum absolute atomic E-state index is 12.0. The van der Waals surface area contributed by atoms with Crippen LogP contribution in [0.1, 0.15) is 34.1 Å². The standard InChI is InChI=1S/C18H21NO3S/c1-12-6-7-16(13(2)9-12)22-11-18(21)19-14(3)10-15(20)17-5-4-8-23-17/h4-9,14H,10-11H2,1-3H3,(H,19,21)/t14-/m0/s1. The molecule has 5 heteroatoms. The smallest absolute Gasteiger partial charge is 0.258 e.